The SMILES string of the molecule is CCN(CCCNC(=O)c1ccc2c(c1)NC(=O)[C@@H](N1CCCCC1)S2)c1ccccc1. The van der Waals surface area contributed by atoms with Crippen LogP contribution in [0, 0.1) is 0 Å². The molecule has 7 heteroatoms. The molecule has 6 nitrogen and oxygen atoms in total. The number of rotatable bonds is 8. The number of para-hydroxylation sites is 1. The van der Waals surface area contributed by atoms with Crippen LogP contribution < -0.4 is 15.5 Å². The fraction of sp³-hybridized carbons (Fsp3) is 0.440. The zero-order valence-corrected chi connectivity index (χ0v) is 19.5. The van der Waals surface area contributed by atoms with Crippen molar-refractivity contribution in [3.05, 3.63) is 54.1 Å². The number of thioether (sulfide) groups is 1. The lowest BCUT2D eigenvalue weighted by atomic mass is 10.1. The van der Waals surface area contributed by atoms with Gasteiger partial charge in [-0.25, -0.2) is 0 Å². The molecule has 170 valence electrons. The Bertz CT molecular complexity index is 931. The summed E-state index contributed by atoms with van der Waals surface area (Å²) >= 11 is 1.59. The summed E-state index contributed by atoms with van der Waals surface area (Å²) < 4.78 is 0. The number of piperidine rings is 1. The van der Waals surface area contributed by atoms with Gasteiger partial charge in [0.2, 0.25) is 0 Å². The number of nitrogens with zero attached hydrogens (tertiary/aromatic N) is 2. The van der Waals surface area contributed by atoms with Crippen molar-refractivity contribution in [2.24, 2.45) is 0 Å². The Morgan fingerprint density at radius 1 is 1.16 bits per heavy atom. The van der Waals surface area contributed by atoms with Gasteiger partial charge in [0.15, 0.2) is 0 Å². The molecule has 2 aliphatic heterocycles. The van der Waals surface area contributed by atoms with Crippen molar-refractivity contribution in [2.75, 3.05) is 42.9 Å². The van der Waals surface area contributed by atoms with Crippen LogP contribution in [0.5, 0.6) is 0 Å². The predicted molar refractivity (Wildman–Crippen MR) is 131 cm³/mol. The third-order valence-corrected chi connectivity index (χ3v) is 7.42. The average molecular weight is 453 g/mol. The van der Waals surface area contributed by atoms with Gasteiger partial charge in [0.25, 0.3) is 11.8 Å². The Morgan fingerprint density at radius 3 is 2.69 bits per heavy atom. The van der Waals surface area contributed by atoms with Gasteiger partial charge in [0.05, 0.1) is 5.69 Å². The number of amides is 2. The monoisotopic (exact) mass is 452 g/mol. The largest absolute Gasteiger partial charge is 0.372 e. The molecule has 1 atom stereocenters. The number of likely N-dealkylation sites (tertiary alicyclic amines) is 1. The summed E-state index contributed by atoms with van der Waals surface area (Å²) in [5.74, 6) is -0.0875. The molecule has 0 radical (unpaired) electrons. The van der Waals surface area contributed by atoms with Crippen molar-refractivity contribution in [3.63, 3.8) is 0 Å². The molecule has 0 aromatic heterocycles. The number of anilines is 2. The Morgan fingerprint density at radius 2 is 1.94 bits per heavy atom. The molecule has 1 saturated heterocycles. The first-order valence-electron chi connectivity index (χ1n) is 11.6. The lowest BCUT2D eigenvalue weighted by molar-refractivity contribution is -0.118. The van der Waals surface area contributed by atoms with Crippen molar-refractivity contribution in [2.45, 2.75) is 42.9 Å². The van der Waals surface area contributed by atoms with Crippen molar-refractivity contribution in [3.8, 4) is 0 Å². The number of carbonyl (C=O) groups excluding carboxylic acids is 2. The molecule has 1 fully saturated rings. The second-order valence-corrected chi connectivity index (χ2v) is 9.41. The molecule has 2 aromatic carbocycles. The first-order chi connectivity index (χ1) is 15.7. The number of nitrogens with one attached hydrogen (secondary N) is 2. The number of fused-ring (bicyclic) bond motifs is 1. The third kappa shape index (κ3) is 5.45. The van der Waals surface area contributed by atoms with Crippen LogP contribution in [-0.2, 0) is 4.79 Å². The molecule has 0 saturated carbocycles. The average Bonchev–Trinajstić information content (AvgIpc) is 2.84. The second kappa shape index (κ2) is 10.9. The fourth-order valence-electron chi connectivity index (χ4n) is 4.32. The molecule has 2 N–H and O–H groups in total. The normalized spacial score (nSPS) is 18.5. The molecule has 0 aliphatic carbocycles. The third-order valence-electron chi connectivity index (χ3n) is 6.08. The van der Waals surface area contributed by atoms with E-state index in [9.17, 15) is 9.59 Å². The maximum Gasteiger partial charge on any atom is 0.252 e. The van der Waals surface area contributed by atoms with Crippen LogP contribution in [-0.4, -0.2) is 54.8 Å². The van der Waals surface area contributed by atoms with E-state index in [0.29, 0.717) is 12.1 Å². The zero-order chi connectivity index (χ0) is 22.3. The summed E-state index contributed by atoms with van der Waals surface area (Å²) in [6.07, 6.45) is 4.41. The highest BCUT2D eigenvalue weighted by molar-refractivity contribution is 8.00. The lowest BCUT2D eigenvalue weighted by Gasteiger charge is -2.35. The van der Waals surface area contributed by atoms with Gasteiger partial charge in [0, 0.05) is 35.8 Å². The van der Waals surface area contributed by atoms with E-state index in [1.54, 1.807) is 17.8 Å². The van der Waals surface area contributed by atoms with E-state index in [1.807, 2.05) is 30.3 Å². The van der Waals surface area contributed by atoms with Gasteiger partial charge in [0.1, 0.15) is 5.37 Å². The van der Waals surface area contributed by atoms with Crippen LogP contribution in [0.3, 0.4) is 0 Å². The Kier molecular flexibility index (Phi) is 7.71. The maximum absolute atomic E-state index is 12.7. The van der Waals surface area contributed by atoms with E-state index in [1.165, 1.54) is 12.1 Å². The van der Waals surface area contributed by atoms with E-state index in [4.69, 9.17) is 0 Å². The highest BCUT2D eigenvalue weighted by atomic mass is 32.2. The van der Waals surface area contributed by atoms with E-state index < -0.39 is 0 Å². The minimum absolute atomic E-state index is 0.0162. The predicted octanol–water partition coefficient (Wildman–Crippen LogP) is 4.19. The molecule has 4 rings (SSSR count). The van der Waals surface area contributed by atoms with Crippen LogP contribution in [0.4, 0.5) is 11.4 Å². The minimum Gasteiger partial charge on any atom is -0.372 e. The molecule has 32 heavy (non-hydrogen) atoms. The first kappa shape index (κ1) is 22.7. The smallest absolute Gasteiger partial charge is 0.252 e. The van der Waals surface area contributed by atoms with Gasteiger partial charge >= 0.3 is 0 Å². The molecule has 2 amide bonds. The van der Waals surface area contributed by atoms with Crippen molar-refractivity contribution >= 4 is 35.0 Å². The topological polar surface area (TPSA) is 64.7 Å². The summed E-state index contributed by atoms with van der Waals surface area (Å²) in [6.45, 7) is 6.51. The van der Waals surface area contributed by atoms with E-state index in [0.717, 1.165) is 56.0 Å². The Balaban J connectivity index is 1.29. The van der Waals surface area contributed by atoms with Gasteiger partial charge in [-0.2, -0.15) is 0 Å². The molecule has 2 aliphatic rings. The summed E-state index contributed by atoms with van der Waals surface area (Å²) in [7, 11) is 0. The molecule has 0 spiro atoms. The molecule has 2 heterocycles. The van der Waals surface area contributed by atoms with Crippen molar-refractivity contribution in [1.82, 2.24) is 10.2 Å². The number of benzene rings is 2. The second-order valence-electron chi connectivity index (χ2n) is 8.29. The fourth-order valence-corrected chi connectivity index (χ4v) is 5.47. The first-order valence-corrected chi connectivity index (χ1v) is 12.5. The quantitative estimate of drug-likeness (QED) is 0.588. The van der Waals surface area contributed by atoms with E-state index in [2.05, 4.69) is 39.5 Å². The molecule has 0 bridgehead atoms. The van der Waals surface area contributed by atoms with Gasteiger partial charge in [-0.3, -0.25) is 14.5 Å². The molecular formula is C25H32N4O2S. The Hall–Kier alpha value is -2.51. The van der Waals surface area contributed by atoms with Gasteiger partial charge in [-0.05, 0) is 69.6 Å². The van der Waals surface area contributed by atoms with Crippen LogP contribution in [0.1, 0.15) is 43.0 Å². The zero-order valence-electron chi connectivity index (χ0n) is 18.7. The lowest BCUT2D eigenvalue weighted by Crippen LogP contribution is -2.46. The number of carbonyl (C=O) groups is 2. The summed E-state index contributed by atoms with van der Waals surface area (Å²) in [4.78, 5) is 30.9. The summed E-state index contributed by atoms with van der Waals surface area (Å²) in [6, 6.07) is 15.9. The molecule has 0 unspecified atom stereocenters. The van der Waals surface area contributed by atoms with Gasteiger partial charge in [-0.15, -0.1) is 0 Å². The highest BCUT2D eigenvalue weighted by Crippen LogP contribution is 2.38. The van der Waals surface area contributed by atoms with Crippen LogP contribution in [0.2, 0.25) is 0 Å². The minimum atomic E-state index is -0.173. The maximum atomic E-state index is 12.7. The molecule has 2 aromatic rings. The number of hydrogen-bond donors (Lipinski definition) is 2. The number of hydrogen-bond acceptors (Lipinski definition) is 5. The van der Waals surface area contributed by atoms with Gasteiger partial charge < -0.3 is 15.5 Å². The van der Waals surface area contributed by atoms with Crippen LogP contribution in [0.25, 0.3) is 0 Å². The summed E-state index contributed by atoms with van der Waals surface area (Å²) in [5.41, 5.74) is 2.52. The Labute approximate surface area is 194 Å². The highest BCUT2D eigenvalue weighted by Gasteiger charge is 2.33. The van der Waals surface area contributed by atoms with Crippen LogP contribution in [0.15, 0.2) is 53.4 Å². The van der Waals surface area contributed by atoms with Crippen molar-refractivity contribution < 1.29 is 9.59 Å². The molecular weight excluding hydrogens is 420 g/mol. The standard InChI is InChI=1S/C25H32N4O2S/c1-2-28(20-10-5-3-6-11-20)17-9-14-26-23(30)19-12-13-22-21(18-19)27-24(31)25(32-22)29-15-7-4-8-16-29/h3,5-6,10-13,18,25H,2,4,7-9,14-17H2,1H3,(H,26,30)(H,27,31)/t25-/m0/s1. The van der Waals surface area contributed by atoms with E-state index >= 15 is 0 Å². The summed E-state index contributed by atoms with van der Waals surface area (Å²) in [5, 5.41) is 5.86. The van der Waals surface area contributed by atoms with Crippen LogP contribution >= 0.6 is 11.8 Å². The van der Waals surface area contributed by atoms with Gasteiger partial charge in [-0.1, -0.05) is 36.4 Å². The van der Waals surface area contributed by atoms with Crippen molar-refractivity contribution in [1.29, 1.82) is 0 Å². The van der Waals surface area contributed by atoms with E-state index in [-0.39, 0.29) is 17.2 Å².